The van der Waals surface area contributed by atoms with Gasteiger partial charge < -0.3 is 5.73 Å². The number of nitrogen functional groups attached to an aromatic ring is 1. The van der Waals surface area contributed by atoms with Crippen LogP contribution in [0.5, 0.6) is 0 Å². The van der Waals surface area contributed by atoms with Crippen molar-refractivity contribution >= 4 is 37.4 Å². The van der Waals surface area contributed by atoms with Crippen molar-refractivity contribution in [2.75, 3.05) is 12.8 Å². The van der Waals surface area contributed by atoms with Crippen molar-refractivity contribution in [3.8, 4) is 0 Å². The lowest BCUT2D eigenvalue weighted by atomic mass is 10.3. The van der Waals surface area contributed by atoms with Gasteiger partial charge in [-0.3, -0.25) is 4.55 Å². The summed E-state index contributed by atoms with van der Waals surface area (Å²) in [5.74, 6) is 0. The average Bonchev–Trinajstić information content (AvgIpc) is 2.15. The van der Waals surface area contributed by atoms with Gasteiger partial charge >= 0.3 is 0 Å². The van der Waals surface area contributed by atoms with Gasteiger partial charge in [-0.25, -0.2) is 13.1 Å². The largest absolute Gasteiger partial charge is 0.398 e. The van der Waals surface area contributed by atoms with Crippen molar-refractivity contribution in [2.45, 2.75) is 9.79 Å². The van der Waals surface area contributed by atoms with Crippen LogP contribution >= 0.6 is 11.6 Å². The summed E-state index contributed by atoms with van der Waals surface area (Å²) in [5, 5.41) is -0.246. The molecule has 17 heavy (non-hydrogen) atoms. The van der Waals surface area contributed by atoms with Crippen LogP contribution in [-0.4, -0.2) is 28.4 Å². The van der Waals surface area contributed by atoms with E-state index in [1.165, 1.54) is 0 Å². The monoisotopic (exact) mass is 300 g/mol. The molecule has 0 aliphatic heterocycles. The summed E-state index contributed by atoms with van der Waals surface area (Å²) in [6.45, 7) is 0. The first-order chi connectivity index (χ1) is 7.59. The molecule has 0 aliphatic carbocycles. The minimum atomic E-state index is -4.62. The van der Waals surface area contributed by atoms with Gasteiger partial charge in [-0.2, -0.15) is 8.42 Å². The van der Waals surface area contributed by atoms with Gasteiger partial charge in [-0.05, 0) is 19.2 Å². The lowest BCUT2D eigenvalue weighted by Gasteiger charge is -2.08. The van der Waals surface area contributed by atoms with Crippen LogP contribution in [0.2, 0.25) is 5.02 Å². The Hall–Kier alpha value is -0.870. The fourth-order valence-electron chi connectivity index (χ4n) is 1.09. The Morgan fingerprint density at radius 1 is 1.24 bits per heavy atom. The highest BCUT2D eigenvalue weighted by atomic mass is 35.5. The maximum absolute atomic E-state index is 11.5. The van der Waals surface area contributed by atoms with Gasteiger partial charge in [0.15, 0.2) is 0 Å². The molecule has 0 radical (unpaired) electrons. The summed E-state index contributed by atoms with van der Waals surface area (Å²) in [7, 11) is -7.42. The molecule has 10 heteroatoms. The van der Waals surface area contributed by atoms with Gasteiger partial charge in [-0.1, -0.05) is 11.6 Å². The molecule has 1 aromatic carbocycles. The van der Waals surface area contributed by atoms with E-state index in [-0.39, 0.29) is 10.7 Å². The molecular weight excluding hydrogens is 292 g/mol. The first-order valence-corrected chi connectivity index (χ1v) is 7.40. The highest BCUT2D eigenvalue weighted by Crippen LogP contribution is 2.29. The van der Waals surface area contributed by atoms with Crippen LogP contribution in [0.25, 0.3) is 0 Å². The summed E-state index contributed by atoms with van der Waals surface area (Å²) < 4.78 is 55.7. The van der Waals surface area contributed by atoms with Crippen molar-refractivity contribution in [1.29, 1.82) is 0 Å². The van der Waals surface area contributed by atoms with Crippen LogP contribution in [0.4, 0.5) is 5.69 Å². The van der Waals surface area contributed by atoms with Crippen LogP contribution in [0.3, 0.4) is 0 Å². The summed E-state index contributed by atoms with van der Waals surface area (Å²) in [6, 6.07) is 1.63. The van der Waals surface area contributed by atoms with Gasteiger partial charge in [0, 0.05) is 0 Å². The maximum atomic E-state index is 11.5. The van der Waals surface area contributed by atoms with Crippen LogP contribution < -0.4 is 10.5 Å². The Bertz CT molecular complexity index is 653. The predicted octanol–water partition coefficient (Wildman–Crippen LogP) is 0.0770. The SMILES string of the molecule is CNS(=O)(=O)c1cc(S(=O)(=O)O)c(N)cc1Cl. The van der Waals surface area contributed by atoms with E-state index < -0.39 is 29.9 Å². The third-order valence-electron chi connectivity index (χ3n) is 1.90. The highest BCUT2D eigenvalue weighted by Gasteiger charge is 2.22. The Kier molecular flexibility index (Phi) is 3.69. The molecule has 0 bridgehead atoms. The number of halogens is 1. The Labute approximate surface area is 103 Å². The van der Waals surface area contributed by atoms with E-state index in [1.54, 1.807) is 0 Å². The zero-order valence-corrected chi connectivity index (χ0v) is 10.9. The standard InChI is InChI=1S/C7H9ClN2O5S2/c1-10-16(11,12)6-3-7(17(13,14)15)5(9)2-4(6)8/h2-3,10H,9H2,1H3,(H,13,14,15). The lowest BCUT2D eigenvalue weighted by Crippen LogP contribution is -2.19. The van der Waals surface area contributed by atoms with E-state index in [1.807, 2.05) is 4.72 Å². The van der Waals surface area contributed by atoms with Gasteiger partial charge in [0.05, 0.1) is 10.7 Å². The van der Waals surface area contributed by atoms with Crippen LogP contribution in [0.15, 0.2) is 21.9 Å². The zero-order chi connectivity index (χ0) is 13.4. The topological polar surface area (TPSA) is 127 Å². The molecule has 0 saturated carbocycles. The first-order valence-electron chi connectivity index (χ1n) is 4.09. The number of hydrogen-bond acceptors (Lipinski definition) is 5. The summed E-state index contributed by atoms with van der Waals surface area (Å²) in [5.41, 5.74) is 4.98. The molecule has 0 aromatic heterocycles. The highest BCUT2D eigenvalue weighted by molar-refractivity contribution is 7.89. The molecule has 7 nitrogen and oxygen atoms in total. The number of sulfonamides is 1. The Morgan fingerprint density at radius 2 is 1.76 bits per heavy atom. The van der Waals surface area contributed by atoms with E-state index >= 15 is 0 Å². The summed E-state index contributed by atoms with van der Waals surface area (Å²) in [6.07, 6.45) is 0. The van der Waals surface area contributed by atoms with E-state index in [0.717, 1.165) is 13.1 Å². The molecule has 0 aliphatic rings. The van der Waals surface area contributed by atoms with Crippen LogP contribution in [0, 0.1) is 0 Å². The molecule has 0 amide bonds. The molecule has 0 heterocycles. The Morgan fingerprint density at radius 3 is 2.18 bits per heavy atom. The molecule has 0 unspecified atom stereocenters. The molecule has 0 fully saturated rings. The van der Waals surface area contributed by atoms with E-state index in [9.17, 15) is 16.8 Å². The zero-order valence-electron chi connectivity index (χ0n) is 8.51. The second kappa shape index (κ2) is 4.42. The first kappa shape index (κ1) is 14.2. The molecule has 0 atom stereocenters. The molecule has 1 aromatic rings. The molecule has 1 rings (SSSR count). The van der Waals surface area contributed by atoms with Crippen LogP contribution in [-0.2, 0) is 20.1 Å². The summed E-state index contributed by atoms with van der Waals surface area (Å²) in [4.78, 5) is -1.20. The third kappa shape index (κ3) is 2.87. The molecule has 0 spiro atoms. The predicted molar refractivity (Wildman–Crippen MR) is 61.9 cm³/mol. The van der Waals surface area contributed by atoms with Gasteiger partial charge in [0.2, 0.25) is 10.0 Å². The Balaban J connectivity index is 3.68. The maximum Gasteiger partial charge on any atom is 0.296 e. The number of nitrogens with two attached hydrogens (primary N) is 1. The third-order valence-corrected chi connectivity index (χ3v) is 4.69. The quantitative estimate of drug-likeness (QED) is 0.536. The lowest BCUT2D eigenvalue weighted by molar-refractivity contribution is 0.483. The van der Waals surface area contributed by atoms with Gasteiger partial charge in [-0.15, -0.1) is 0 Å². The molecule has 0 saturated heterocycles. The molecular formula is C7H9ClN2O5S2. The fourth-order valence-corrected chi connectivity index (χ4v) is 3.07. The van der Waals surface area contributed by atoms with Crippen molar-refractivity contribution in [1.82, 2.24) is 4.72 Å². The van der Waals surface area contributed by atoms with Crippen molar-refractivity contribution < 1.29 is 21.4 Å². The van der Waals surface area contributed by atoms with Gasteiger partial charge in [0.1, 0.15) is 9.79 Å². The number of benzene rings is 1. The number of anilines is 1. The molecule has 96 valence electrons. The van der Waals surface area contributed by atoms with E-state index in [4.69, 9.17) is 21.9 Å². The number of nitrogens with one attached hydrogen (secondary N) is 1. The van der Waals surface area contributed by atoms with Gasteiger partial charge in [0.25, 0.3) is 10.1 Å². The molecule has 4 N–H and O–H groups in total. The minimum Gasteiger partial charge on any atom is -0.398 e. The number of rotatable bonds is 3. The minimum absolute atomic E-state index is 0.246. The van der Waals surface area contributed by atoms with Crippen molar-refractivity contribution in [3.05, 3.63) is 17.2 Å². The van der Waals surface area contributed by atoms with E-state index in [0.29, 0.717) is 6.07 Å². The normalized spacial score (nSPS) is 12.6. The fraction of sp³-hybridized carbons (Fsp3) is 0.143. The second-order valence-electron chi connectivity index (χ2n) is 3.00. The summed E-state index contributed by atoms with van der Waals surface area (Å²) >= 11 is 5.64. The van der Waals surface area contributed by atoms with E-state index in [2.05, 4.69) is 0 Å². The van der Waals surface area contributed by atoms with Crippen LogP contribution in [0.1, 0.15) is 0 Å². The van der Waals surface area contributed by atoms with Crippen molar-refractivity contribution in [3.63, 3.8) is 0 Å². The smallest absolute Gasteiger partial charge is 0.296 e. The number of hydrogen-bond donors (Lipinski definition) is 3. The average molecular weight is 301 g/mol. The van der Waals surface area contributed by atoms with Crippen molar-refractivity contribution in [2.24, 2.45) is 0 Å². The second-order valence-corrected chi connectivity index (χ2v) is 6.66.